The van der Waals surface area contributed by atoms with Gasteiger partial charge in [-0.2, -0.15) is 0 Å². The van der Waals surface area contributed by atoms with E-state index in [4.69, 9.17) is 0 Å². The topological polar surface area (TPSA) is 49.4 Å². The van der Waals surface area contributed by atoms with Gasteiger partial charge in [0.05, 0.1) is 4.88 Å². The maximum Gasteiger partial charge on any atom is 0.261 e. The highest BCUT2D eigenvalue weighted by molar-refractivity contribution is 7.12. The Hall–Kier alpha value is -1.36. The van der Waals surface area contributed by atoms with Crippen molar-refractivity contribution in [1.82, 2.24) is 10.2 Å². The van der Waals surface area contributed by atoms with Crippen molar-refractivity contribution in [3.05, 3.63) is 22.4 Å². The number of rotatable bonds is 3. The van der Waals surface area contributed by atoms with E-state index < -0.39 is 6.04 Å². The lowest BCUT2D eigenvalue weighted by Gasteiger charge is -2.20. The molecule has 0 saturated carbocycles. The zero-order chi connectivity index (χ0) is 12.3. The van der Waals surface area contributed by atoms with E-state index in [1.54, 1.807) is 13.0 Å². The van der Waals surface area contributed by atoms with Gasteiger partial charge in [0.2, 0.25) is 5.91 Å². The Morgan fingerprint density at radius 3 is 2.71 bits per heavy atom. The first kappa shape index (κ1) is 12.1. The number of likely N-dealkylation sites (tertiary alicyclic amines) is 1. The zero-order valence-electron chi connectivity index (χ0n) is 9.81. The van der Waals surface area contributed by atoms with Crippen LogP contribution in [-0.2, 0) is 4.79 Å². The summed E-state index contributed by atoms with van der Waals surface area (Å²) in [5.41, 5.74) is 0. The van der Waals surface area contributed by atoms with Crippen LogP contribution in [0, 0.1) is 0 Å². The first-order valence-electron chi connectivity index (χ1n) is 5.81. The number of amides is 2. The van der Waals surface area contributed by atoms with E-state index in [2.05, 4.69) is 5.32 Å². The lowest BCUT2D eigenvalue weighted by molar-refractivity contribution is -0.131. The van der Waals surface area contributed by atoms with E-state index in [9.17, 15) is 9.59 Å². The summed E-state index contributed by atoms with van der Waals surface area (Å²) in [6.45, 7) is 3.38. The van der Waals surface area contributed by atoms with E-state index >= 15 is 0 Å². The van der Waals surface area contributed by atoms with Crippen LogP contribution in [0.3, 0.4) is 0 Å². The Bertz CT molecular complexity index is 397. The number of hydrogen-bond acceptors (Lipinski definition) is 3. The molecule has 0 radical (unpaired) electrons. The molecule has 17 heavy (non-hydrogen) atoms. The predicted octanol–water partition coefficient (Wildman–Crippen LogP) is 1.49. The van der Waals surface area contributed by atoms with Gasteiger partial charge in [-0.15, -0.1) is 11.3 Å². The van der Waals surface area contributed by atoms with Crippen LogP contribution in [0.5, 0.6) is 0 Å². The lowest BCUT2D eigenvalue weighted by atomic mass is 10.3. The van der Waals surface area contributed by atoms with Crippen LogP contribution >= 0.6 is 11.3 Å². The molecule has 1 atom stereocenters. The Labute approximate surface area is 105 Å². The molecule has 1 aliphatic heterocycles. The summed E-state index contributed by atoms with van der Waals surface area (Å²) >= 11 is 1.38. The van der Waals surface area contributed by atoms with Crippen molar-refractivity contribution in [3.63, 3.8) is 0 Å². The van der Waals surface area contributed by atoms with Crippen LogP contribution in [0.15, 0.2) is 17.5 Å². The molecule has 2 rings (SSSR count). The van der Waals surface area contributed by atoms with Crippen LogP contribution in [0.4, 0.5) is 0 Å². The summed E-state index contributed by atoms with van der Waals surface area (Å²) in [5, 5.41) is 4.59. The minimum absolute atomic E-state index is 0.0207. The van der Waals surface area contributed by atoms with Crippen LogP contribution in [0.25, 0.3) is 0 Å². The molecule has 1 aromatic heterocycles. The molecule has 0 aromatic carbocycles. The van der Waals surface area contributed by atoms with Crippen LogP contribution in [-0.4, -0.2) is 35.8 Å². The molecule has 1 aliphatic rings. The Morgan fingerprint density at radius 1 is 1.41 bits per heavy atom. The second-order valence-corrected chi connectivity index (χ2v) is 5.15. The second kappa shape index (κ2) is 5.31. The van der Waals surface area contributed by atoms with Crippen molar-refractivity contribution in [3.8, 4) is 0 Å². The van der Waals surface area contributed by atoms with Crippen LogP contribution in [0.2, 0.25) is 0 Å². The molecule has 92 valence electrons. The summed E-state index contributed by atoms with van der Waals surface area (Å²) in [4.78, 5) is 26.2. The number of carbonyl (C=O) groups excluding carboxylic acids is 2. The van der Waals surface area contributed by atoms with Crippen molar-refractivity contribution in [2.75, 3.05) is 13.1 Å². The standard InChI is InChI=1S/C12H16N2O2S/c1-9(12(16)14-6-2-3-7-14)13-11(15)10-5-4-8-17-10/h4-5,8-9H,2-3,6-7H2,1H3,(H,13,15)/t9-/m1/s1. The smallest absolute Gasteiger partial charge is 0.261 e. The number of nitrogens with zero attached hydrogens (tertiary/aromatic N) is 1. The highest BCUT2D eigenvalue weighted by Gasteiger charge is 2.24. The van der Waals surface area contributed by atoms with E-state index in [1.165, 1.54) is 11.3 Å². The van der Waals surface area contributed by atoms with Gasteiger partial charge in [0.15, 0.2) is 0 Å². The maximum atomic E-state index is 12.0. The van der Waals surface area contributed by atoms with E-state index in [-0.39, 0.29) is 11.8 Å². The average molecular weight is 252 g/mol. The summed E-state index contributed by atoms with van der Waals surface area (Å²) in [7, 11) is 0. The first-order chi connectivity index (χ1) is 8.18. The third-order valence-electron chi connectivity index (χ3n) is 2.88. The van der Waals surface area contributed by atoms with E-state index in [0.717, 1.165) is 25.9 Å². The molecule has 1 N–H and O–H groups in total. The highest BCUT2D eigenvalue weighted by Crippen LogP contribution is 2.11. The fraction of sp³-hybridized carbons (Fsp3) is 0.500. The van der Waals surface area contributed by atoms with Crippen molar-refractivity contribution in [2.24, 2.45) is 0 Å². The monoisotopic (exact) mass is 252 g/mol. The molecule has 0 bridgehead atoms. The molecule has 5 heteroatoms. The number of nitrogens with one attached hydrogen (secondary N) is 1. The molecule has 4 nitrogen and oxygen atoms in total. The van der Waals surface area contributed by atoms with Gasteiger partial charge in [0, 0.05) is 13.1 Å². The van der Waals surface area contributed by atoms with Gasteiger partial charge in [-0.05, 0) is 31.2 Å². The molecule has 1 aromatic rings. The molecule has 0 aliphatic carbocycles. The van der Waals surface area contributed by atoms with Crippen LogP contribution < -0.4 is 5.32 Å². The predicted molar refractivity (Wildman–Crippen MR) is 67.1 cm³/mol. The normalized spacial score (nSPS) is 16.9. The minimum atomic E-state index is -0.442. The van der Waals surface area contributed by atoms with Crippen LogP contribution in [0.1, 0.15) is 29.4 Å². The second-order valence-electron chi connectivity index (χ2n) is 4.20. The van der Waals surface area contributed by atoms with Crippen molar-refractivity contribution < 1.29 is 9.59 Å². The van der Waals surface area contributed by atoms with Crippen molar-refractivity contribution in [2.45, 2.75) is 25.8 Å². The molecular formula is C12H16N2O2S. The summed E-state index contributed by atoms with van der Waals surface area (Å²) in [6.07, 6.45) is 2.13. The molecule has 1 saturated heterocycles. The van der Waals surface area contributed by atoms with E-state index in [0.29, 0.717) is 4.88 Å². The third-order valence-corrected chi connectivity index (χ3v) is 3.75. The Balaban J connectivity index is 1.90. The number of hydrogen-bond donors (Lipinski definition) is 1. The van der Waals surface area contributed by atoms with Crippen molar-refractivity contribution >= 4 is 23.2 Å². The Morgan fingerprint density at radius 2 is 2.12 bits per heavy atom. The Kier molecular flexibility index (Phi) is 3.78. The van der Waals surface area contributed by atoms with E-state index in [1.807, 2.05) is 16.3 Å². The number of carbonyl (C=O) groups is 2. The quantitative estimate of drug-likeness (QED) is 0.886. The van der Waals surface area contributed by atoms with Gasteiger partial charge in [-0.1, -0.05) is 6.07 Å². The fourth-order valence-electron chi connectivity index (χ4n) is 1.95. The van der Waals surface area contributed by atoms with Gasteiger partial charge in [0.1, 0.15) is 6.04 Å². The van der Waals surface area contributed by atoms with Gasteiger partial charge in [-0.25, -0.2) is 0 Å². The van der Waals surface area contributed by atoms with Crippen molar-refractivity contribution in [1.29, 1.82) is 0 Å². The molecule has 1 fully saturated rings. The summed E-state index contributed by atoms with van der Waals surface area (Å²) < 4.78 is 0. The minimum Gasteiger partial charge on any atom is -0.341 e. The molecule has 0 unspecified atom stereocenters. The SMILES string of the molecule is C[C@@H](NC(=O)c1cccs1)C(=O)N1CCCC1. The molecule has 0 spiro atoms. The average Bonchev–Trinajstić information content (AvgIpc) is 3.00. The van der Waals surface area contributed by atoms with Gasteiger partial charge < -0.3 is 10.2 Å². The summed E-state index contributed by atoms with van der Waals surface area (Å²) in [5.74, 6) is -0.146. The highest BCUT2D eigenvalue weighted by atomic mass is 32.1. The maximum absolute atomic E-state index is 12.0. The molecule has 2 amide bonds. The molecular weight excluding hydrogens is 236 g/mol. The number of thiophene rings is 1. The fourth-order valence-corrected chi connectivity index (χ4v) is 2.58. The third kappa shape index (κ3) is 2.85. The summed E-state index contributed by atoms with van der Waals surface area (Å²) in [6, 6.07) is 3.14. The van der Waals surface area contributed by atoms with Gasteiger partial charge in [0.25, 0.3) is 5.91 Å². The van der Waals surface area contributed by atoms with Gasteiger partial charge in [-0.3, -0.25) is 9.59 Å². The first-order valence-corrected chi connectivity index (χ1v) is 6.69. The lowest BCUT2D eigenvalue weighted by Crippen LogP contribution is -2.45. The largest absolute Gasteiger partial charge is 0.341 e. The van der Waals surface area contributed by atoms with Gasteiger partial charge >= 0.3 is 0 Å². The molecule has 2 heterocycles. The zero-order valence-corrected chi connectivity index (χ0v) is 10.6.